The second-order valence-electron chi connectivity index (χ2n) is 7.03. The van der Waals surface area contributed by atoms with Crippen molar-refractivity contribution in [2.75, 3.05) is 5.32 Å². The Hall–Kier alpha value is -2.95. The first kappa shape index (κ1) is 17.9. The molecule has 0 aliphatic carbocycles. The lowest BCUT2D eigenvalue weighted by Gasteiger charge is -2.26. The van der Waals surface area contributed by atoms with Crippen molar-refractivity contribution in [3.63, 3.8) is 0 Å². The number of carbonyl (C=O) groups excluding carboxylic acids is 3. The van der Waals surface area contributed by atoms with Gasteiger partial charge in [0.25, 0.3) is 11.8 Å². The molecule has 5 heteroatoms. The van der Waals surface area contributed by atoms with Gasteiger partial charge >= 0.3 is 0 Å². The number of hydrogen-bond acceptors (Lipinski definition) is 3. The maximum Gasteiger partial charge on any atom is 0.262 e. The highest BCUT2D eigenvalue weighted by atomic mass is 16.2. The zero-order valence-electron chi connectivity index (χ0n) is 15.2. The molecular formula is C21H22N2O3. The lowest BCUT2D eigenvalue weighted by Crippen LogP contribution is -2.47. The van der Waals surface area contributed by atoms with Crippen LogP contribution in [0.5, 0.6) is 0 Å². The van der Waals surface area contributed by atoms with E-state index in [-0.39, 0.29) is 11.8 Å². The van der Waals surface area contributed by atoms with Gasteiger partial charge in [-0.3, -0.25) is 19.3 Å². The van der Waals surface area contributed by atoms with E-state index in [4.69, 9.17) is 0 Å². The van der Waals surface area contributed by atoms with Crippen molar-refractivity contribution >= 4 is 23.4 Å². The van der Waals surface area contributed by atoms with E-state index < -0.39 is 17.9 Å². The molecule has 3 rings (SSSR count). The molecule has 5 nitrogen and oxygen atoms in total. The first-order valence-electron chi connectivity index (χ1n) is 8.73. The summed E-state index contributed by atoms with van der Waals surface area (Å²) >= 11 is 0. The summed E-state index contributed by atoms with van der Waals surface area (Å²) in [5, 5.41) is 2.85. The standard InChI is InChI=1S/C21H22N2O3/c1-13(2)11-18(19(24)22-15-8-6-7-14(3)12-15)23-20(25)16-9-4-5-10-17(16)21(23)26/h4-10,12-13,18H,11H2,1-3H3,(H,22,24)/t18-/m0/s1. The van der Waals surface area contributed by atoms with Crippen LogP contribution in [0.3, 0.4) is 0 Å². The summed E-state index contributed by atoms with van der Waals surface area (Å²) in [7, 11) is 0. The zero-order chi connectivity index (χ0) is 18.8. The van der Waals surface area contributed by atoms with Crippen LogP contribution >= 0.6 is 0 Å². The number of fused-ring (bicyclic) bond motifs is 1. The van der Waals surface area contributed by atoms with Gasteiger partial charge in [-0.15, -0.1) is 0 Å². The average molecular weight is 350 g/mol. The quantitative estimate of drug-likeness (QED) is 0.837. The molecule has 3 amide bonds. The summed E-state index contributed by atoms with van der Waals surface area (Å²) in [6.07, 6.45) is 0.406. The number of anilines is 1. The van der Waals surface area contributed by atoms with Crippen LogP contribution in [0.15, 0.2) is 48.5 Å². The Morgan fingerprint density at radius 1 is 1.00 bits per heavy atom. The molecule has 134 valence electrons. The van der Waals surface area contributed by atoms with E-state index in [1.807, 2.05) is 39.0 Å². The molecule has 26 heavy (non-hydrogen) atoms. The minimum Gasteiger partial charge on any atom is -0.324 e. The number of hydrogen-bond donors (Lipinski definition) is 1. The summed E-state index contributed by atoms with van der Waals surface area (Å²) in [5.41, 5.74) is 2.38. The SMILES string of the molecule is Cc1cccc(NC(=O)[C@H](CC(C)C)N2C(=O)c3ccccc3C2=O)c1. The molecule has 0 aromatic heterocycles. The first-order chi connectivity index (χ1) is 12.4. The van der Waals surface area contributed by atoms with Crippen LogP contribution in [0.2, 0.25) is 0 Å². The van der Waals surface area contributed by atoms with Gasteiger partial charge in [0.15, 0.2) is 0 Å². The Labute approximate surface area is 153 Å². The summed E-state index contributed by atoms with van der Waals surface area (Å²) in [6, 6.07) is 13.3. The van der Waals surface area contributed by atoms with E-state index in [0.29, 0.717) is 23.2 Å². The van der Waals surface area contributed by atoms with Crippen LogP contribution in [0.4, 0.5) is 5.69 Å². The number of nitrogens with zero attached hydrogens (tertiary/aromatic N) is 1. The van der Waals surface area contributed by atoms with Crippen LogP contribution < -0.4 is 5.32 Å². The fourth-order valence-corrected chi connectivity index (χ4v) is 3.22. The number of amides is 3. The van der Waals surface area contributed by atoms with Crippen molar-refractivity contribution in [3.8, 4) is 0 Å². The van der Waals surface area contributed by atoms with Gasteiger partial charge in [-0.1, -0.05) is 38.1 Å². The maximum absolute atomic E-state index is 12.9. The highest BCUT2D eigenvalue weighted by Gasteiger charge is 2.42. The molecule has 0 fully saturated rings. The van der Waals surface area contributed by atoms with E-state index >= 15 is 0 Å². The molecule has 0 unspecified atom stereocenters. The molecule has 0 saturated heterocycles. The van der Waals surface area contributed by atoms with Crippen LogP contribution in [0.1, 0.15) is 46.5 Å². The molecule has 2 aromatic rings. The van der Waals surface area contributed by atoms with Crippen LogP contribution in [0, 0.1) is 12.8 Å². The minimum atomic E-state index is -0.845. The average Bonchev–Trinajstić information content (AvgIpc) is 2.84. The van der Waals surface area contributed by atoms with Crippen LogP contribution in [-0.4, -0.2) is 28.7 Å². The van der Waals surface area contributed by atoms with Gasteiger partial charge in [-0.05, 0) is 49.1 Å². The van der Waals surface area contributed by atoms with Gasteiger partial charge in [0.2, 0.25) is 5.91 Å². The molecule has 2 aromatic carbocycles. The predicted molar refractivity (Wildman–Crippen MR) is 100.0 cm³/mol. The van der Waals surface area contributed by atoms with Gasteiger partial charge in [0, 0.05) is 5.69 Å². The van der Waals surface area contributed by atoms with Gasteiger partial charge in [-0.2, -0.15) is 0 Å². The number of nitrogens with one attached hydrogen (secondary N) is 1. The zero-order valence-corrected chi connectivity index (χ0v) is 15.2. The van der Waals surface area contributed by atoms with Gasteiger partial charge in [0.05, 0.1) is 11.1 Å². The molecule has 0 saturated carbocycles. The topological polar surface area (TPSA) is 66.5 Å². The molecular weight excluding hydrogens is 328 g/mol. The second kappa shape index (κ2) is 7.12. The van der Waals surface area contributed by atoms with Gasteiger partial charge < -0.3 is 5.32 Å². The third kappa shape index (κ3) is 3.38. The van der Waals surface area contributed by atoms with Crippen molar-refractivity contribution in [2.24, 2.45) is 5.92 Å². The fraction of sp³-hybridized carbons (Fsp3) is 0.286. The van der Waals surface area contributed by atoms with E-state index in [2.05, 4.69) is 5.32 Å². The van der Waals surface area contributed by atoms with Crippen molar-refractivity contribution in [1.82, 2.24) is 4.90 Å². The third-order valence-electron chi connectivity index (χ3n) is 4.42. The number of benzene rings is 2. The fourth-order valence-electron chi connectivity index (χ4n) is 3.22. The van der Waals surface area contributed by atoms with E-state index in [1.165, 1.54) is 0 Å². The third-order valence-corrected chi connectivity index (χ3v) is 4.42. The lowest BCUT2D eigenvalue weighted by atomic mass is 10.0. The number of aryl methyl sites for hydroxylation is 1. The molecule has 0 bridgehead atoms. The van der Waals surface area contributed by atoms with E-state index in [1.54, 1.807) is 30.3 Å². The smallest absolute Gasteiger partial charge is 0.262 e. The lowest BCUT2D eigenvalue weighted by molar-refractivity contribution is -0.120. The minimum absolute atomic E-state index is 0.146. The Bertz CT molecular complexity index is 838. The number of imide groups is 1. The molecule has 1 atom stereocenters. The van der Waals surface area contributed by atoms with Crippen LogP contribution in [0.25, 0.3) is 0 Å². The second-order valence-corrected chi connectivity index (χ2v) is 7.03. The first-order valence-corrected chi connectivity index (χ1v) is 8.73. The summed E-state index contributed by atoms with van der Waals surface area (Å²) in [5.74, 6) is -1.02. The highest BCUT2D eigenvalue weighted by molar-refractivity contribution is 6.23. The summed E-state index contributed by atoms with van der Waals surface area (Å²) < 4.78 is 0. The Kier molecular flexibility index (Phi) is 4.89. The number of carbonyl (C=O) groups is 3. The Morgan fingerprint density at radius 3 is 2.15 bits per heavy atom. The molecule has 1 aliphatic heterocycles. The monoisotopic (exact) mass is 350 g/mol. The maximum atomic E-state index is 12.9. The van der Waals surface area contributed by atoms with E-state index in [0.717, 1.165) is 10.5 Å². The largest absolute Gasteiger partial charge is 0.324 e. The summed E-state index contributed by atoms with van der Waals surface area (Å²) in [6.45, 7) is 5.86. The van der Waals surface area contributed by atoms with Crippen molar-refractivity contribution < 1.29 is 14.4 Å². The van der Waals surface area contributed by atoms with Crippen LogP contribution in [-0.2, 0) is 4.79 Å². The molecule has 0 spiro atoms. The summed E-state index contributed by atoms with van der Waals surface area (Å²) in [4.78, 5) is 39.6. The van der Waals surface area contributed by atoms with Crippen molar-refractivity contribution in [3.05, 3.63) is 65.2 Å². The van der Waals surface area contributed by atoms with Crippen molar-refractivity contribution in [1.29, 1.82) is 0 Å². The predicted octanol–water partition coefficient (Wildman–Crippen LogP) is 3.64. The molecule has 1 aliphatic rings. The van der Waals surface area contributed by atoms with Gasteiger partial charge in [0.1, 0.15) is 6.04 Å². The van der Waals surface area contributed by atoms with Crippen molar-refractivity contribution in [2.45, 2.75) is 33.2 Å². The number of rotatable bonds is 5. The normalized spacial score (nSPS) is 14.5. The molecule has 0 radical (unpaired) electrons. The van der Waals surface area contributed by atoms with Gasteiger partial charge in [-0.25, -0.2) is 0 Å². The molecule has 1 N–H and O–H groups in total. The Balaban J connectivity index is 1.90. The van der Waals surface area contributed by atoms with E-state index in [9.17, 15) is 14.4 Å². The Morgan fingerprint density at radius 2 is 1.62 bits per heavy atom. The highest BCUT2D eigenvalue weighted by Crippen LogP contribution is 2.27. The molecule has 1 heterocycles.